The lowest BCUT2D eigenvalue weighted by Crippen LogP contribution is -2.37. The van der Waals surface area contributed by atoms with E-state index in [1.807, 2.05) is 30.3 Å². The predicted molar refractivity (Wildman–Crippen MR) is 129 cm³/mol. The van der Waals surface area contributed by atoms with Crippen LogP contribution < -0.4 is 29.7 Å². The second-order valence-electron chi connectivity index (χ2n) is 7.38. The molecule has 0 atom stereocenters. The molecule has 3 aromatic rings. The Morgan fingerprint density at radius 3 is 2.63 bits per heavy atom. The third-order valence-electron chi connectivity index (χ3n) is 4.95. The highest BCUT2D eigenvalue weighted by molar-refractivity contribution is 6.35. The fourth-order valence-corrected chi connectivity index (χ4v) is 3.49. The van der Waals surface area contributed by atoms with E-state index in [9.17, 15) is 9.59 Å². The maximum absolute atomic E-state index is 12.1. The monoisotopic (exact) mass is 495 g/mol. The number of hydrogen-bond acceptors (Lipinski definition) is 7. The van der Waals surface area contributed by atoms with E-state index in [2.05, 4.69) is 15.8 Å². The number of fused-ring (bicyclic) bond motifs is 1. The second-order valence-corrected chi connectivity index (χ2v) is 7.79. The summed E-state index contributed by atoms with van der Waals surface area (Å²) in [5, 5.41) is 6.66. The van der Waals surface area contributed by atoms with E-state index >= 15 is 0 Å². The van der Waals surface area contributed by atoms with Gasteiger partial charge in [-0.05, 0) is 41.0 Å². The number of carbonyl (C=O) groups is 2. The molecule has 3 aromatic carbocycles. The van der Waals surface area contributed by atoms with E-state index in [-0.39, 0.29) is 13.3 Å². The maximum Gasteiger partial charge on any atom is 0.329 e. The number of benzene rings is 3. The number of nitrogens with one attached hydrogen (secondary N) is 2. The van der Waals surface area contributed by atoms with Crippen LogP contribution in [0.1, 0.15) is 16.7 Å². The van der Waals surface area contributed by atoms with Gasteiger partial charge in [0.15, 0.2) is 23.0 Å². The van der Waals surface area contributed by atoms with Crippen molar-refractivity contribution in [2.75, 3.05) is 13.9 Å². The SMILES string of the molecule is COc1cc(/C=N\NC(=O)C(=O)NCc2ccc3c(c2)OCO3)cc(Cl)c1OCc1ccccc1. The molecule has 180 valence electrons. The Morgan fingerprint density at radius 2 is 1.83 bits per heavy atom. The average molecular weight is 496 g/mol. The van der Waals surface area contributed by atoms with Crippen molar-refractivity contribution < 1.29 is 28.5 Å². The Labute approximate surface area is 206 Å². The van der Waals surface area contributed by atoms with Crippen LogP contribution in [0.4, 0.5) is 0 Å². The highest BCUT2D eigenvalue weighted by atomic mass is 35.5. The number of halogens is 1. The van der Waals surface area contributed by atoms with Crippen LogP contribution in [0, 0.1) is 0 Å². The highest BCUT2D eigenvalue weighted by Gasteiger charge is 2.16. The van der Waals surface area contributed by atoms with Crippen LogP contribution in [0.3, 0.4) is 0 Å². The Kier molecular flexibility index (Phi) is 7.69. The van der Waals surface area contributed by atoms with Crippen molar-refractivity contribution in [3.8, 4) is 23.0 Å². The van der Waals surface area contributed by atoms with E-state index in [1.165, 1.54) is 13.3 Å². The number of ether oxygens (including phenoxy) is 4. The van der Waals surface area contributed by atoms with Crippen molar-refractivity contribution in [2.45, 2.75) is 13.2 Å². The Balaban J connectivity index is 1.31. The molecule has 0 spiro atoms. The molecule has 0 aromatic heterocycles. The minimum absolute atomic E-state index is 0.143. The molecule has 1 aliphatic rings. The molecule has 0 aliphatic carbocycles. The molecule has 2 amide bonds. The molecule has 1 aliphatic heterocycles. The number of hydrazone groups is 1. The van der Waals surface area contributed by atoms with Gasteiger partial charge in [0.2, 0.25) is 6.79 Å². The van der Waals surface area contributed by atoms with Gasteiger partial charge in [0.25, 0.3) is 0 Å². The van der Waals surface area contributed by atoms with Crippen molar-refractivity contribution in [2.24, 2.45) is 5.10 Å². The highest BCUT2D eigenvalue weighted by Crippen LogP contribution is 2.36. The zero-order chi connectivity index (χ0) is 24.6. The molecule has 10 heteroatoms. The largest absolute Gasteiger partial charge is 0.493 e. The van der Waals surface area contributed by atoms with Crippen LogP contribution in [-0.2, 0) is 22.7 Å². The molecular formula is C25H22ClN3O6. The summed E-state index contributed by atoms with van der Waals surface area (Å²) in [5.74, 6) is 0.281. The van der Waals surface area contributed by atoms with Gasteiger partial charge in [-0.3, -0.25) is 9.59 Å². The van der Waals surface area contributed by atoms with Crippen LogP contribution in [-0.4, -0.2) is 31.9 Å². The molecule has 9 nitrogen and oxygen atoms in total. The summed E-state index contributed by atoms with van der Waals surface area (Å²) >= 11 is 6.37. The first-order valence-electron chi connectivity index (χ1n) is 10.6. The number of amides is 2. The zero-order valence-corrected chi connectivity index (χ0v) is 19.5. The van der Waals surface area contributed by atoms with Crippen LogP contribution in [0.25, 0.3) is 0 Å². The lowest BCUT2D eigenvalue weighted by Gasteiger charge is -2.13. The molecule has 0 radical (unpaired) electrons. The summed E-state index contributed by atoms with van der Waals surface area (Å²) in [7, 11) is 1.49. The summed E-state index contributed by atoms with van der Waals surface area (Å²) in [4.78, 5) is 24.1. The van der Waals surface area contributed by atoms with Crippen molar-refractivity contribution in [1.29, 1.82) is 0 Å². The zero-order valence-electron chi connectivity index (χ0n) is 18.7. The van der Waals surface area contributed by atoms with Crippen LogP contribution in [0.15, 0.2) is 65.8 Å². The summed E-state index contributed by atoms with van der Waals surface area (Å²) in [5.41, 5.74) is 4.47. The lowest BCUT2D eigenvalue weighted by atomic mass is 10.2. The third kappa shape index (κ3) is 6.21. The molecule has 1 heterocycles. The third-order valence-corrected chi connectivity index (χ3v) is 5.23. The number of hydrogen-bond donors (Lipinski definition) is 2. The van der Waals surface area contributed by atoms with Gasteiger partial charge in [0, 0.05) is 6.54 Å². The van der Waals surface area contributed by atoms with Gasteiger partial charge in [-0.1, -0.05) is 48.0 Å². The molecule has 2 N–H and O–H groups in total. The number of rotatable bonds is 8. The van der Waals surface area contributed by atoms with E-state index in [4.69, 9.17) is 30.5 Å². The molecule has 35 heavy (non-hydrogen) atoms. The van der Waals surface area contributed by atoms with Gasteiger partial charge in [-0.25, -0.2) is 5.43 Å². The number of nitrogens with zero attached hydrogens (tertiary/aromatic N) is 1. The Bertz CT molecular complexity index is 1250. The quantitative estimate of drug-likeness (QED) is 0.282. The van der Waals surface area contributed by atoms with Gasteiger partial charge in [-0.15, -0.1) is 0 Å². The van der Waals surface area contributed by atoms with Gasteiger partial charge < -0.3 is 24.3 Å². The number of carbonyl (C=O) groups excluding carboxylic acids is 2. The summed E-state index contributed by atoms with van der Waals surface area (Å²) in [6.45, 7) is 0.623. The van der Waals surface area contributed by atoms with Gasteiger partial charge in [-0.2, -0.15) is 5.10 Å². The first-order chi connectivity index (χ1) is 17.0. The Hall–Kier alpha value is -4.24. The molecule has 0 unspecified atom stereocenters. The molecular weight excluding hydrogens is 474 g/mol. The molecule has 0 saturated heterocycles. The molecule has 0 fully saturated rings. The lowest BCUT2D eigenvalue weighted by molar-refractivity contribution is -0.139. The van der Waals surface area contributed by atoms with Crippen molar-refractivity contribution >= 4 is 29.6 Å². The van der Waals surface area contributed by atoms with Gasteiger partial charge >= 0.3 is 11.8 Å². The number of methoxy groups -OCH3 is 1. The first-order valence-corrected chi connectivity index (χ1v) is 11.0. The average Bonchev–Trinajstić information content (AvgIpc) is 3.35. The standard InChI is InChI=1S/C25H22ClN3O6/c1-32-22-11-18(9-19(26)23(22)33-14-16-5-3-2-4-6-16)13-28-29-25(31)24(30)27-12-17-7-8-20-21(10-17)35-15-34-20/h2-11,13H,12,14-15H2,1H3,(H,27,30)(H,29,31)/b28-13-. The first kappa shape index (κ1) is 23.9. The summed E-state index contributed by atoms with van der Waals surface area (Å²) in [6.07, 6.45) is 1.35. The predicted octanol–water partition coefficient (Wildman–Crippen LogP) is 3.42. The van der Waals surface area contributed by atoms with Crippen molar-refractivity contribution in [3.63, 3.8) is 0 Å². The normalized spacial score (nSPS) is 11.8. The van der Waals surface area contributed by atoms with Crippen LogP contribution in [0.5, 0.6) is 23.0 Å². The maximum atomic E-state index is 12.1. The van der Waals surface area contributed by atoms with Crippen LogP contribution >= 0.6 is 11.6 Å². The Morgan fingerprint density at radius 1 is 1.03 bits per heavy atom. The van der Waals surface area contributed by atoms with Crippen LogP contribution in [0.2, 0.25) is 5.02 Å². The topological polar surface area (TPSA) is 107 Å². The van der Waals surface area contributed by atoms with Gasteiger partial charge in [0.05, 0.1) is 18.3 Å². The fraction of sp³-hybridized carbons (Fsp3) is 0.160. The van der Waals surface area contributed by atoms with E-state index in [0.717, 1.165) is 11.1 Å². The minimum atomic E-state index is -0.914. The molecule has 0 bridgehead atoms. The second kappa shape index (κ2) is 11.3. The smallest absolute Gasteiger partial charge is 0.329 e. The van der Waals surface area contributed by atoms with Crippen molar-refractivity contribution in [3.05, 3.63) is 82.4 Å². The van der Waals surface area contributed by atoms with E-state index in [0.29, 0.717) is 40.2 Å². The fourth-order valence-electron chi connectivity index (χ4n) is 3.21. The minimum Gasteiger partial charge on any atom is -0.493 e. The summed E-state index contributed by atoms with van der Waals surface area (Å²) < 4.78 is 21.7. The van der Waals surface area contributed by atoms with Crippen molar-refractivity contribution in [1.82, 2.24) is 10.7 Å². The van der Waals surface area contributed by atoms with E-state index < -0.39 is 11.8 Å². The summed E-state index contributed by atoms with van der Waals surface area (Å²) in [6, 6.07) is 18.2. The molecule has 0 saturated carbocycles. The van der Waals surface area contributed by atoms with E-state index in [1.54, 1.807) is 30.3 Å². The van der Waals surface area contributed by atoms with Gasteiger partial charge in [0.1, 0.15) is 6.61 Å². The molecule has 4 rings (SSSR count).